The number of rotatable bonds is 3. The predicted octanol–water partition coefficient (Wildman–Crippen LogP) is 0.902. The highest BCUT2D eigenvalue weighted by molar-refractivity contribution is 6.32. The van der Waals surface area contributed by atoms with Gasteiger partial charge in [0.25, 0.3) is 0 Å². The average Bonchev–Trinajstić information content (AvgIpc) is 2.07. The Hall–Kier alpha value is -1.36. The van der Waals surface area contributed by atoms with Gasteiger partial charge in [-0.15, -0.1) is 0 Å². The van der Waals surface area contributed by atoms with E-state index in [0.29, 0.717) is 5.69 Å². The molecule has 1 aromatic rings. The molecular weight excluding hydrogens is 196 g/mol. The van der Waals surface area contributed by atoms with Crippen molar-refractivity contribution in [2.24, 2.45) is 0 Å². The van der Waals surface area contributed by atoms with Crippen molar-refractivity contribution < 1.29 is 14.6 Å². The molecule has 0 saturated carbocycles. The maximum Gasteiger partial charge on any atom is 0.341 e. The number of aryl methyl sites for hydroxylation is 1. The second kappa shape index (κ2) is 4.04. The number of hydrogen-bond donors (Lipinski definition) is 1. The maximum absolute atomic E-state index is 10.2. The molecule has 70 valence electrons. The van der Waals surface area contributed by atoms with Gasteiger partial charge in [0, 0.05) is 0 Å². The van der Waals surface area contributed by atoms with Crippen molar-refractivity contribution in [1.82, 2.24) is 9.97 Å². The Morgan fingerprint density at radius 3 is 3.00 bits per heavy atom. The van der Waals surface area contributed by atoms with Crippen LogP contribution in [0.25, 0.3) is 0 Å². The third kappa shape index (κ3) is 2.55. The van der Waals surface area contributed by atoms with Gasteiger partial charge in [0.2, 0.25) is 5.88 Å². The Morgan fingerprint density at radius 2 is 2.38 bits per heavy atom. The minimum atomic E-state index is -1.08. The zero-order valence-electron chi connectivity index (χ0n) is 6.82. The fraction of sp³-hybridized carbons (Fsp3) is 0.286. The predicted molar refractivity (Wildman–Crippen MR) is 44.9 cm³/mol. The van der Waals surface area contributed by atoms with Crippen molar-refractivity contribution in [2.75, 3.05) is 6.61 Å². The van der Waals surface area contributed by atoms with Gasteiger partial charge in [0.15, 0.2) is 6.61 Å². The van der Waals surface area contributed by atoms with Crippen molar-refractivity contribution in [3.63, 3.8) is 0 Å². The third-order valence-corrected chi connectivity index (χ3v) is 1.70. The van der Waals surface area contributed by atoms with Gasteiger partial charge in [-0.05, 0) is 6.92 Å². The van der Waals surface area contributed by atoms with E-state index in [4.69, 9.17) is 21.4 Å². The molecule has 13 heavy (non-hydrogen) atoms. The van der Waals surface area contributed by atoms with Crippen LogP contribution in [0.15, 0.2) is 6.33 Å². The quantitative estimate of drug-likeness (QED) is 0.789. The smallest absolute Gasteiger partial charge is 0.341 e. The molecule has 0 saturated heterocycles. The number of hydrogen-bond acceptors (Lipinski definition) is 4. The molecule has 1 heterocycles. The summed E-state index contributed by atoms with van der Waals surface area (Å²) in [5.74, 6) is -0.983. The number of aliphatic carboxylic acids is 1. The lowest BCUT2D eigenvalue weighted by atomic mass is 10.4. The lowest BCUT2D eigenvalue weighted by molar-refractivity contribution is -0.139. The van der Waals surface area contributed by atoms with Gasteiger partial charge in [-0.1, -0.05) is 11.6 Å². The Morgan fingerprint density at radius 1 is 1.69 bits per heavy atom. The first kappa shape index (κ1) is 9.73. The highest BCUT2D eigenvalue weighted by Crippen LogP contribution is 2.22. The molecule has 0 aliphatic heterocycles. The van der Waals surface area contributed by atoms with Crippen molar-refractivity contribution in [3.8, 4) is 5.88 Å². The second-order valence-corrected chi connectivity index (χ2v) is 2.64. The Kier molecular flexibility index (Phi) is 3.02. The number of halogens is 1. The van der Waals surface area contributed by atoms with Crippen LogP contribution in [0.2, 0.25) is 5.02 Å². The molecule has 0 radical (unpaired) electrons. The van der Waals surface area contributed by atoms with Crippen LogP contribution in [0, 0.1) is 6.92 Å². The van der Waals surface area contributed by atoms with Crippen LogP contribution in [-0.4, -0.2) is 27.7 Å². The second-order valence-electron chi connectivity index (χ2n) is 2.26. The highest BCUT2D eigenvalue weighted by Gasteiger charge is 2.08. The molecule has 0 aliphatic rings. The molecule has 0 atom stereocenters. The van der Waals surface area contributed by atoms with E-state index >= 15 is 0 Å². The van der Waals surface area contributed by atoms with Gasteiger partial charge in [-0.2, -0.15) is 0 Å². The van der Waals surface area contributed by atoms with E-state index in [1.54, 1.807) is 6.92 Å². The van der Waals surface area contributed by atoms with Gasteiger partial charge >= 0.3 is 5.97 Å². The van der Waals surface area contributed by atoms with E-state index in [9.17, 15) is 4.79 Å². The van der Waals surface area contributed by atoms with Gasteiger partial charge in [0.05, 0.1) is 5.69 Å². The van der Waals surface area contributed by atoms with Crippen molar-refractivity contribution in [3.05, 3.63) is 17.0 Å². The molecule has 0 aliphatic carbocycles. The minimum absolute atomic E-state index is 0.0940. The SMILES string of the molecule is Cc1ncnc(OCC(=O)O)c1Cl. The molecule has 0 bridgehead atoms. The van der Waals surface area contributed by atoms with Gasteiger partial charge in [0.1, 0.15) is 11.3 Å². The number of aromatic nitrogens is 2. The molecular formula is C7H7ClN2O3. The summed E-state index contributed by atoms with van der Waals surface area (Å²) in [4.78, 5) is 17.6. The fourth-order valence-corrected chi connectivity index (χ4v) is 0.819. The topological polar surface area (TPSA) is 72.3 Å². The van der Waals surface area contributed by atoms with Gasteiger partial charge in [-0.3, -0.25) is 0 Å². The summed E-state index contributed by atoms with van der Waals surface area (Å²) in [5.41, 5.74) is 0.553. The Balaban J connectivity index is 2.77. The normalized spacial score (nSPS) is 9.69. The van der Waals surface area contributed by atoms with E-state index < -0.39 is 12.6 Å². The van der Waals surface area contributed by atoms with Crippen LogP contribution >= 0.6 is 11.6 Å². The molecule has 0 spiro atoms. The molecule has 0 unspecified atom stereocenters. The number of carbonyl (C=O) groups is 1. The number of carboxylic acid groups (broad SMARTS) is 1. The number of carboxylic acids is 1. The van der Waals surface area contributed by atoms with Crippen LogP contribution in [0.1, 0.15) is 5.69 Å². The largest absolute Gasteiger partial charge is 0.479 e. The molecule has 1 rings (SSSR count). The Bertz CT molecular complexity index is 330. The highest BCUT2D eigenvalue weighted by atomic mass is 35.5. The summed E-state index contributed by atoms with van der Waals surface area (Å²) in [6.45, 7) is 1.22. The van der Waals surface area contributed by atoms with Crippen LogP contribution < -0.4 is 4.74 Å². The molecule has 0 fully saturated rings. The maximum atomic E-state index is 10.2. The molecule has 6 heteroatoms. The summed E-state index contributed by atoms with van der Waals surface area (Å²) in [7, 11) is 0. The van der Waals surface area contributed by atoms with E-state index in [0.717, 1.165) is 0 Å². The summed E-state index contributed by atoms with van der Waals surface area (Å²) in [6.07, 6.45) is 1.26. The fourth-order valence-electron chi connectivity index (χ4n) is 0.667. The molecule has 1 N–H and O–H groups in total. The van der Waals surface area contributed by atoms with Gasteiger partial charge in [-0.25, -0.2) is 14.8 Å². The zero-order chi connectivity index (χ0) is 9.84. The van der Waals surface area contributed by atoms with E-state index in [-0.39, 0.29) is 10.9 Å². The first-order valence-electron chi connectivity index (χ1n) is 3.43. The zero-order valence-corrected chi connectivity index (χ0v) is 7.58. The van der Waals surface area contributed by atoms with Gasteiger partial charge < -0.3 is 9.84 Å². The first-order chi connectivity index (χ1) is 6.11. The van der Waals surface area contributed by atoms with E-state index in [2.05, 4.69) is 9.97 Å². The summed E-state index contributed by atoms with van der Waals surface area (Å²) in [5, 5.41) is 8.56. The minimum Gasteiger partial charge on any atom is -0.479 e. The van der Waals surface area contributed by atoms with Crippen molar-refractivity contribution in [1.29, 1.82) is 0 Å². The van der Waals surface area contributed by atoms with E-state index in [1.165, 1.54) is 6.33 Å². The van der Waals surface area contributed by atoms with Crippen molar-refractivity contribution in [2.45, 2.75) is 6.92 Å². The lowest BCUT2D eigenvalue weighted by Gasteiger charge is -2.04. The van der Waals surface area contributed by atoms with Crippen LogP contribution in [-0.2, 0) is 4.79 Å². The third-order valence-electron chi connectivity index (χ3n) is 1.26. The average molecular weight is 203 g/mol. The standard InChI is InChI=1S/C7H7ClN2O3/c1-4-6(8)7(10-3-9-4)13-2-5(11)12/h3H,2H2,1H3,(H,11,12). The number of ether oxygens (including phenoxy) is 1. The Labute approximate surface area is 79.3 Å². The lowest BCUT2D eigenvalue weighted by Crippen LogP contribution is -2.10. The monoisotopic (exact) mass is 202 g/mol. The van der Waals surface area contributed by atoms with Crippen LogP contribution in [0.4, 0.5) is 0 Å². The summed E-state index contributed by atoms with van der Waals surface area (Å²) >= 11 is 5.73. The number of nitrogens with zero attached hydrogens (tertiary/aromatic N) is 2. The van der Waals surface area contributed by atoms with E-state index in [1.807, 2.05) is 0 Å². The van der Waals surface area contributed by atoms with Crippen LogP contribution in [0.3, 0.4) is 0 Å². The summed E-state index contributed by atoms with van der Waals surface area (Å²) in [6, 6.07) is 0. The van der Waals surface area contributed by atoms with Crippen molar-refractivity contribution >= 4 is 17.6 Å². The molecule has 0 amide bonds. The molecule has 5 nitrogen and oxygen atoms in total. The van der Waals surface area contributed by atoms with Crippen LogP contribution in [0.5, 0.6) is 5.88 Å². The summed E-state index contributed by atoms with van der Waals surface area (Å²) < 4.78 is 4.80. The molecule has 1 aromatic heterocycles. The molecule has 0 aromatic carbocycles. The first-order valence-corrected chi connectivity index (χ1v) is 3.80.